The molecule has 0 unspecified atom stereocenters. The second-order valence-electron chi connectivity index (χ2n) is 4.48. The SMILES string of the molecule is CCCC(=O)NN=C(c1ccccc1)c1ccccc1. The van der Waals surface area contributed by atoms with E-state index in [4.69, 9.17) is 0 Å². The molecule has 1 N–H and O–H groups in total. The maximum absolute atomic E-state index is 11.6. The third kappa shape index (κ3) is 3.79. The Morgan fingerprint density at radius 1 is 0.950 bits per heavy atom. The van der Waals surface area contributed by atoms with Crippen molar-refractivity contribution in [2.45, 2.75) is 19.8 Å². The Labute approximate surface area is 119 Å². The Hall–Kier alpha value is -2.42. The molecular weight excluding hydrogens is 248 g/mol. The van der Waals surface area contributed by atoms with Crippen molar-refractivity contribution in [3.8, 4) is 0 Å². The summed E-state index contributed by atoms with van der Waals surface area (Å²) in [4.78, 5) is 11.6. The van der Waals surface area contributed by atoms with Gasteiger partial charge in [-0.1, -0.05) is 67.6 Å². The number of hydrogen-bond acceptors (Lipinski definition) is 2. The largest absolute Gasteiger partial charge is 0.273 e. The van der Waals surface area contributed by atoms with Crippen LogP contribution in [0.15, 0.2) is 65.8 Å². The van der Waals surface area contributed by atoms with E-state index in [1.807, 2.05) is 67.6 Å². The minimum absolute atomic E-state index is 0.0585. The lowest BCUT2D eigenvalue weighted by Crippen LogP contribution is -2.19. The molecule has 0 bridgehead atoms. The number of amides is 1. The van der Waals surface area contributed by atoms with Gasteiger partial charge in [0.05, 0.1) is 5.71 Å². The van der Waals surface area contributed by atoms with Gasteiger partial charge in [-0.15, -0.1) is 0 Å². The Balaban J connectivity index is 2.30. The monoisotopic (exact) mass is 266 g/mol. The van der Waals surface area contributed by atoms with E-state index in [-0.39, 0.29) is 5.91 Å². The molecule has 0 saturated carbocycles. The molecule has 0 fully saturated rings. The number of nitrogens with one attached hydrogen (secondary N) is 1. The van der Waals surface area contributed by atoms with E-state index in [1.165, 1.54) is 0 Å². The average Bonchev–Trinajstić information content (AvgIpc) is 2.50. The molecule has 1 amide bonds. The Morgan fingerprint density at radius 3 is 1.90 bits per heavy atom. The maximum atomic E-state index is 11.6. The number of benzene rings is 2. The molecule has 20 heavy (non-hydrogen) atoms. The molecule has 2 aromatic carbocycles. The molecule has 0 spiro atoms. The van der Waals surface area contributed by atoms with Crippen LogP contribution in [0.2, 0.25) is 0 Å². The summed E-state index contributed by atoms with van der Waals surface area (Å²) < 4.78 is 0. The third-order valence-corrected chi connectivity index (χ3v) is 2.86. The summed E-state index contributed by atoms with van der Waals surface area (Å²) >= 11 is 0. The minimum Gasteiger partial charge on any atom is -0.273 e. The topological polar surface area (TPSA) is 41.5 Å². The van der Waals surface area contributed by atoms with Crippen LogP contribution in [0, 0.1) is 0 Å². The highest BCUT2D eigenvalue weighted by molar-refractivity contribution is 6.13. The van der Waals surface area contributed by atoms with Crippen LogP contribution in [-0.4, -0.2) is 11.6 Å². The zero-order valence-electron chi connectivity index (χ0n) is 11.5. The van der Waals surface area contributed by atoms with Crippen LogP contribution in [0.3, 0.4) is 0 Å². The van der Waals surface area contributed by atoms with Crippen LogP contribution in [0.4, 0.5) is 0 Å². The zero-order chi connectivity index (χ0) is 14.2. The maximum Gasteiger partial charge on any atom is 0.240 e. The van der Waals surface area contributed by atoms with Crippen molar-refractivity contribution in [1.82, 2.24) is 5.43 Å². The van der Waals surface area contributed by atoms with Gasteiger partial charge in [0.2, 0.25) is 5.91 Å². The minimum atomic E-state index is -0.0585. The Bertz CT molecular complexity index is 535. The molecule has 102 valence electrons. The first-order chi connectivity index (χ1) is 9.81. The molecule has 0 aliphatic rings. The van der Waals surface area contributed by atoms with E-state index >= 15 is 0 Å². The molecular formula is C17H18N2O. The predicted octanol–water partition coefficient (Wildman–Crippen LogP) is 3.36. The van der Waals surface area contributed by atoms with Crippen LogP contribution >= 0.6 is 0 Å². The smallest absolute Gasteiger partial charge is 0.240 e. The highest BCUT2D eigenvalue weighted by Crippen LogP contribution is 2.10. The second-order valence-corrected chi connectivity index (χ2v) is 4.48. The lowest BCUT2D eigenvalue weighted by Gasteiger charge is -2.07. The summed E-state index contributed by atoms with van der Waals surface area (Å²) in [5.74, 6) is -0.0585. The lowest BCUT2D eigenvalue weighted by atomic mass is 10.0. The molecule has 3 nitrogen and oxygen atoms in total. The van der Waals surface area contributed by atoms with Gasteiger partial charge in [-0.2, -0.15) is 5.10 Å². The molecule has 0 aliphatic heterocycles. The summed E-state index contributed by atoms with van der Waals surface area (Å²) in [6, 6.07) is 19.7. The van der Waals surface area contributed by atoms with Crippen molar-refractivity contribution in [3.63, 3.8) is 0 Å². The van der Waals surface area contributed by atoms with Crippen LogP contribution in [0.25, 0.3) is 0 Å². The number of carbonyl (C=O) groups is 1. The van der Waals surface area contributed by atoms with Gasteiger partial charge in [-0.25, -0.2) is 5.43 Å². The summed E-state index contributed by atoms with van der Waals surface area (Å²) in [6.45, 7) is 1.97. The van der Waals surface area contributed by atoms with Gasteiger partial charge in [0.25, 0.3) is 0 Å². The lowest BCUT2D eigenvalue weighted by molar-refractivity contribution is -0.121. The number of nitrogens with zero attached hydrogens (tertiary/aromatic N) is 1. The second kappa shape index (κ2) is 7.24. The summed E-state index contributed by atoms with van der Waals surface area (Å²) in [5, 5.41) is 4.30. The van der Waals surface area contributed by atoms with Crippen molar-refractivity contribution in [3.05, 3.63) is 71.8 Å². The van der Waals surface area contributed by atoms with E-state index in [1.54, 1.807) is 0 Å². The van der Waals surface area contributed by atoms with Crippen LogP contribution in [0.5, 0.6) is 0 Å². The van der Waals surface area contributed by atoms with Crippen molar-refractivity contribution in [2.75, 3.05) is 0 Å². The first-order valence-electron chi connectivity index (χ1n) is 6.78. The molecule has 0 heterocycles. The number of hydrazone groups is 1. The molecule has 0 aromatic heterocycles. The fourth-order valence-corrected chi connectivity index (χ4v) is 1.89. The van der Waals surface area contributed by atoms with Crippen LogP contribution in [0.1, 0.15) is 30.9 Å². The molecule has 2 aromatic rings. The number of hydrogen-bond donors (Lipinski definition) is 1. The predicted molar refractivity (Wildman–Crippen MR) is 81.6 cm³/mol. The van der Waals surface area contributed by atoms with Crippen molar-refractivity contribution >= 4 is 11.6 Å². The van der Waals surface area contributed by atoms with Gasteiger partial charge in [0, 0.05) is 17.5 Å². The van der Waals surface area contributed by atoms with Gasteiger partial charge in [-0.05, 0) is 6.42 Å². The normalized spacial score (nSPS) is 9.85. The van der Waals surface area contributed by atoms with Crippen molar-refractivity contribution in [1.29, 1.82) is 0 Å². The van der Waals surface area contributed by atoms with E-state index in [0.717, 1.165) is 23.3 Å². The summed E-state index contributed by atoms with van der Waals surface area (Å²) in [5.41, 5.74) is 5.37. The fourth-order valence-electron chi connectivity index (χ4n) is 1.89. The van der Waals surface area contributed by atoms with Gasteiger partial charge >= 0.3 is 0 Å². The molecule has 0 saturated heterocycles. The van der Waals surface area contributed by atoms with Crippen LogP contribution < -0.4 is 5.43 Å². The molecule has 0 aliphatic carbocycles. The van der Waals surface area contributed by atoms with Gasteiger partial charge < -0.3 is 0 Å². The molecule has 3 heteroatoms. The summed E-state index contributed by atoms with van der Waals surface area (Å²) in [7, 11) is 0. The highest BCUT2D eigenvalue weighted by atomic mass is 16.2. The fraction of sp³-hybridized carbons (Fsp3) is 0.176. The summed E-state index contributed by atoms with van der Waals surface area (Å²) in [6.07, 6.45) is 1.30. The van der Waals surface area contributed by atoms with Gasteiger partial charge in [-0.3, -0.25) is 4.79 Å². The number of carbonyl (C=O) groups excluding carboxylic acids is 1. The Kier molecular flexibility index (Phi) is 5.07. The molecule has 2 rings (SSSR count). The quantitative estimate of drug-likeness (QED) is 0.654. The molecule has 0 radical (unpaired) electrons. The molecule has 0 atom stereocenters. The van der Waals surface area contributed by atoms with Crippen molar-refractivity contribution in [2.24, 2.45) is 5.10 Å². The van der Waals surface area contributed by atoms with E-state index in [0.29, 0.717) is 6.42 Å². The zero-order valence-corrected chi connectivity index (χ0v) is 11.5. The first kappa shape index (κ1) is 14.0. The van der Waals surface area contributed by atoms with Crippen LogP contribution in [-0.2, 0) is 4.79 Å². The standard InChI is InChI=1S/C17H18N2O/c1-2-9-16(20)18-19-17(14-10-5-3-6-11-14)15-12-7-4-8-13-15/h3-8,10-13H,2,9H2,1H3,(H,18,20). The van der Waals surface area contributed by atoms with Gasteiger partial charge in [0.1, 0.15) is 0 Å². The van der Waals surface area contributed by atoms with E-state index in [9.17, 15) is 4.79 Å². The number of rotatable bonds is 5. The average molecular weight is 266 g/mol. The first-order valence-corrected chi connectivity index (χ1v) is 6.78. The third-order valence-electron chi connectivity index (χ3n) is 2.86. The van der Waals surface area contributed by atoms with Crippen molar-refractivity contribution < 1.29 is 4.79 Å². The van der Waals surface area contributed by atoms with Gasteiger partial charge in [0.15, 0.2) is 0 Å². The van der Waals surface area contributed by atoms with E-state index < -0.39 is 0 Å². The Morgan fingerprint density at radius 2 is 1.45 bits per heavy atom. The highest BCUT2D eigenvalue weighted by Gasteiger charge is 2.07. The van der Waals surface area contributed by atoms with E-state index in [2.05, 4.69) is 10.5 Å².